The average molecular weight is 195 g/mol. The number of rotatable bonds is 5. The Balaban J connectivity index is 2.44. The Labute approximate surface area is 84.6 Å². The van der Waals surface area contributed by atoms with Crippen LogP contribution >= 0.6 is 0 Å². The Kier molecular flexibility index (Phi) is 4.59. The van der Waals surface area contributed by atoms with E-state index in [0.717, 1.165) is 5.56 Å². The van der Waals surface area contributed by atoms with Gasteiger partial charge in [0.2, 0.25) is 0 Å². The van der Waals surface area contributed by atoms with Crippen LogP contribution in [0.1, 0.15) is 18.9 Å². The fourth-order valence-corrected chi connectivity index (χ4v) is 1.26. The fourth-order valence-electron chi connectivity index (χ4n) is 1.26. The van der Waals surface area contributed by atoms with Gasteiger partial charge < -0.3 is 10.3 Å². The molecule has 14 heavy (non-hydrogen) atoms. The second kappa shape index (κ2) is 5.75. The van der Waals surface area contributed by atoms with Crippen LogP contribution in [0.25, 0.3) is 0 Å². The molecule has 1 aromatic carbocycles. The molecule has 0 saturated heterocycles. The zero-order valence-electron chi connectivity index (χ0n) is 8.43. The van der Waals surface area contributed by atoms with E-state index >= 15 is 0 Å². The van der Waals surface area contributed by atoms with Crippen LogP contribution in [-0.2, 0) is 6.54 Å². The third kappa shape index (κ3) is 3.46. The zero-order valence-corrected chi connectivity index (χ0v) is 8.43. The molecule has 0 bridgehead atoms. The maximum Gasteiger partial charge on any atom is 0.0491 e. The first-order valence-electron chi connectivity index (χ1n) is 4.84. The highest BCUT2D eigenvalue weighted by molar-refractivity contribution is 5.14. The molecule has 0 amide bonds. The van der Waals surface area contributed by atoms with Crippen molar-refractivity contribution in [3.8, 4) is 0 Å². The lowest BCUT2D eigenvalue weighted by Gasteiger charge is -2.21. The maximum atomic E-state index is 9.62. The standard InChI is InChI=1S/C11H17NO2/c1-10(7-8-13)12(14)9-11-5-3-2-4-6-11/h2-6,10,13-14H,7-9H2,1H3. The monoisotopic (exact) mass is 195 g/mol. The highest BCUT2D eigenvalue weighted by atomic mass is 16.5. The van der Waals surface area contributed by atoms with Crippen molar-refractivity contribution in [1.82, 2.24) is 5.06 Å². The van der Waals surface area contributed by atoms with E-state index in [1.54, 1.807) is 0 Å². The summed E-state index contributed by atoms with van der Waals surface area (Å²) in [6, 6.07) is 9.76. The van der Waals surface area contributed by atoms with Crippen molar-refractivity contribution in [2.24, 2.45) is 0 Å². The van der Waals surface area contributed by atoms with Gasteiger partial charge in [-0.3, -0.25) is 0 Å². The van der Waals surface area contributed by atoms with Crippen molar-refractivity contribution in [1.29, 1.82) is 0 Å². The Bertz CT molecular complexity index is 251. The molecule has 0 fully saturated rings. The quantitative estimate of drug-likeness (QED) is 0.702. The lowest BCUT2D eigenvalue weighted by Crippen LogP contribution is -2.29. The van der Waals surface area contributed by atoms with Crippen LogP contribution in [0.15, 0.2) is 30.3 Å². The smallest absolute Gasteiger partial charge is 0.0491 e. The van der Waals surface area contributed by atoms with Gasteiger partial charge in [0.15, 0.2) is 0 Å². The Morgan fingerprint density at radius 2 is 1.93 bits per heavy atom. The molecule has 0 spiro atoms. The van der Waals surface area contributed by atoms with Crippen molar-refractivity contribution in [3.63, 3.8) is 0 Å². The van der Waals surface area contributed by atoms with Crippen molar-refractivity contribution >= 4 is 0 Å². The van der Waals surface area contributed by atoms with Gasteiger partial charge in [-0.15, -0.1) is 0 Å². The number of hydrogen-bond donors (Lipinski definition) is 2. The number of nitrogens with zero attached hydrogens (tertiary/aromatic N) is 1. The minimum absolute atomic E-state index is 0.0137. The highest BCUT2D eigenvalue weighted by Gasteiger charge is 2.10. The second-order valence-corrected chi connectivity index (χ2v) is 3.44. The molecule has 2 N–H and O–H groups in total. The SMILES string of the molecule is CC(CCO)N(O)Cc1ccccc1. The van der Waals surface area contributed by atoms with Crippen LogP contribution in [0.3, 0.4) is 0 Å². The Morgan fingerprint density at radius 3 is 2.50 bits per heavy atom. The van der Waals surface area contributed by atoms with Crippen molar-refractivity contribution in [2.45, 2.75) is 25.9 Å². The minimum atomic E-state index is -0.0137. The number of hydrogen-bond acceptors (Lipinski definition) is 3. The van der Waals surface area contributed by atoms with Gasteiger partial charge in [-0.25, -0.2) is 0 Å². The van der Waals surface area contributed by atoms with E-state index in [-0.39, 0.29) is 12.6 Å². The molecule has 1 aromatic rings. The number of hydroxylamine groups is 2. The van der Waals surface area contributed by atoms with E-state index in [4.69, 9.17) is 5.11 Å². The third-order valence-electron chi connectivity index (χ3n) is 2.24. The molecule has 0 heterocycles. The summed E-state index contributed by atoms with van der Waals surface area (Å²) in [5.74, 6) is 0. The van der Waals surface area contributed by atoms with Gasteiger partial charge >= 0.3 is 0 Å². The normalized spacial score (nSPS) is 13.1. The molecule has 3 heteroatoms. The molecule has 1 unspecified atom stereocenters. The molecular formula is C11H17NO2. The summed E-state index contributed by atoms with van der Waals surface area (Å²) in [6.45, 7) is 2.49. The van der Waals surface area contributed by atoms with Gasteiger partial charge in [0.05, 0.1) is 0 Å². The van der Waals surface area contributed by atoms with E-state index in [1.807, 2.05) is 37.3 Å². The molecule has 0 aliphatic heterocycles. The van der Waals surface area contributed by atoms with Crippen LogP contribution in [0.4, 0.5) is 0 Å². The summed E-state index contributed by atoms with van der Waals surface area (Å²) in [5.41, 5.74) is 1.07. The first-order valence-corrected chi connectivity index (χ1v) is 4.84. The fraction of sp³-hybridized carbons (Fsp3) is 0.455. The van der Waals surface area contributed by atoms with Crippen LogP contribution in [0.2, 0.25) is 0 Å². The highest BCUT2D eigenvalue weighted by Crippen LogP contribution is 2.07. The predicted molar refractivity (Wildman–Crippen MR) is 54.9 cm³/mol. The predicted octanol–water partition coefficient (Wildman–Crippen LogP) is 1.65. The third-order valence-corrected chi connectivity index (χ3v) is 2.24. The van der Waals surface area contributed by atoms with Gasteiger partial charge in [0.25, 0.3) is 0 Å². The molecule has 0 radical (unpaired) electrons. The summed E-state index contributed by atoms with van der Waals surface area (Å²) in [7, 11) is 0. The topological polar surface area (TPSA) is 43.7 Å². The van der Waals surface area contributed by atoms with E-state index in [1.165, 1.54) is 5.06 Å². The van der Waals surface area contributed by atoms with Gasteiger partial charge in [0.1, 0.15) is 0 Å². The summed E-state index contributed by atoms with van der Waals surface area (Å²) < 4.78 is 0. The number of aliphatic hydroxyl groups excluding tert-OH is 1. The Hall–Kier alpha value is -0.900. The van der Waals surface area contributed by atoms with E-state index < -0.39 is 0 Å². The van der Waals surface area contributed by atoms with Crippen LogP contribution in [0, 0.1) is 0 Å². The molecule has 0 saturated carbocycles. The lowest BCUT2D eigenvalue weighted by atomic mass is 10.2. The Morgan fingerprint density at radius 1 is 1.29 bits per heavy atom. The molecule has 1 atom stereocenters. The van der Waals surface area contributed by atoms with E-state index in [2.05, 4.69) is 0 Å². The summed E-state index contributed by atoms with van der Waals surface area (Å²) in [6.07, 6.45) is 0.587. The summed E-state index contributed by atoms with van der Waals surface area (Å²) in [4.78, 5) is 0. The molecule has 1 rings (SSSR count). The average Bonchev–Trinajstić information content (AvgIpc) is 2.19. The zero-order chi connectivity index (χ0) is 10.4. The van der Waals surface area contributed by atoms with Gasteiger partial charge in [-0.2, -0.15) is 5.06 Å². The van der Waals surface area contributed by atoms with Crippen molar-refractivity contribution in [3.05, 3.63) is 35.9 Å². The lowest BCUT2D eigenvalue weighted by molar-refractivity contribution is -0.134. The molecule has 3 nitrogen and oxygen atoms in total. The minimum Gasteiger partial charge on any atom is -0.396 e. The number of benzene rings is 1. The molecule has 78 valence electrons. The largest absolute Gasteiger partial charge is 0.396 e. The molecule has 0 aromatic heterocycles. The first kappa shape index (κ1) is 11.2. The molecular weight excluding hydrogens is 178 g/mol. The molecule has 0 aliphatic rings. The van der Waals surface area contributed by atoms with Crippen LogP contribution in [-0.4, -0.2) is 28.0 Å². The van der Waals surface area contributed by atoms with Crippen molar-refractivity contribution < 1.29 is 10.3 Å². The van der Waals surface area contributed by atoms with Gasteiger partial charge in [-0.1, -0.05) is 30.3 Å². The van der Waals surface area contributed by atoms with Crippen LogP contribution in [0.5, 0.6) is 0 Å². The van der Waals surface area contributed by atoms with E-state index in [0.29, 0.717) is 13.0 Å². The van der Waals surface area contributed by atoms with E-state index in [9.17, 15) is 5.21 Å². The van der Waals surface area contributed by atoms with Gasteiger partial charge in [0, 0.05) is 19.2 Å². The second-order valence-electron chi connectivity index (χ2n) is 3.44. The van der Waals surface area contributed by atoms with Crippen LogP contribution < -0.4 is 0 Å². The van der Waals surface area contributed by atoms with Crippen molar-refractivity contribution in [2.75, 3.05) is 6.61 Å². The summed E-state index contributed by atoms with van der Waals surface area (Å²) in [5, 5.41) is 19.6. The number of aliphatic hydroxyl groups is 1. The first-order chi connectivity index (χ1) is 6.74. The summed E-state index contributed by atoms with van der Waals surface area (Å²) >= 11 is 0. The maximum absolute atomic E-state index is 9.62. The molecule has 0 aliphatic carbocycles. The van der Waals surface area contributed by atoms with Gasteiger partial charge in [-0.05, 0) is 18.9 Å².